The third-order valence-electron chi connectivity index (χ3n) is 10.1. The summed E-state index contributed by atoms with van der Waals surface area (Å²) in [6.45, 7) is 4.52. The predicted octanol–water partition coefficient (Wildman–Crippen LogP) is 2.98. The minimum atomic E-state index is -0.459. The molecule has 6 nitrogen and oxygen atoms in total. The van der Waals surface area contributed by atoms with Gasteiger partial charge in [0.25, 0.3) is 0 Å². The van der Waals surface area contributed by atoms with Crippen molar-refractivity contribution in [3.63, 3.8) is 0 Å². The molecule has 2 saturated heterocycles. The molecule has 9 atom stereocenters. The lowest BCUT2D eigenvalue weighted by Gasteiger charge is -2.58. The maximum Gasteiger partial charge on any atom is 0.309 e. The van der Waals surface area contributed by atoms with Crippen LogP contribution in [0.3, 0.4) is 0 Å². The first-order valence-electron chi connectivity index (χ1n) is 11.4. The van der Waals surface area contributed by atoms with Crippen LogP contribution in [0.4, 0.5) is 0 Å². The highest BCUT2D eigenvalue weighted by molar-refractivity contribution is 5.92. The van der Waals surface area contributed by atoms with Gasteiger partial charge in [-0.25, -0.2) is 0 Å². The van der Waals surface area contributed by atoms with Gasteiger partial charge in [0.2, 0.25) is 0 Å². The largest absolute Gasteiger partial charge is 0.469 e. The van der Waals surface area contributed by atoms with Crippen molar-refractivity contribution in [2.75, 3.05) is 7.11 Å². The van der Waals surface area contributed by atoms with E-state index >= 15 is 0 Å². The van der Waals surface area contributed by atoms with Crippen LogP contribution in [0.15, 0.2) is 11.6 Å². The molecule has 0 aromatic rings. The second kappa shape index (κ2) is 5.76. The number of fused-ring (bicyclic) bond motifs is 9. The molecule has 2 aliphatic heterocycles. The Kier molecular flexibility index (Phi) is 3.65. The van der Waals surface area contributed by atoms with E-state index in [2.05, 4.69) is 13.8 Å². The molecule has 30 heavy (non-hydrogen) atoms. The van der Waals surface area contributed by atoms with E-state index in [1.54, 1.807) is 6.08 Å². The maximum absolute atomic E-state index is 13.0. The predicted molar refractivity (Wildman–Crippen MR) is 105 cm³/mol. The van der Waals surface area contributed by atoms with Crippen molar-refractivity contribution in [1.82, 2.24) is 0 Å². The van der Waals surface area contributed by atoms with Gasteiger partial charge in [-0.2, -0.15) is 0 Å². The first kappa shape index (κ1) is 19.0. The van der Waals surface area contributed by atoms with Crippen molar-refractivity contribution in [1.29, 1.82) is 0 Å². The standard InChI is InChI=1S/C24H30O6/c1-22-7-4-13(25)10-12(22)11-14(21(27)28-3)17-15-5-8-24(9-6-16(26)30-24)23(15,2)20-19(29-20)18(17)22/h10,14-15,17-20H,4-9,11H2,1-3H3/t14-,15?,17?,18?,19-,20?,22+,23-,24?/m1/s1. The first-order chi connectivity index (χ1) is 14.2. The molecule has 0 bridgehead atoms. The highest BCUT2D eigenvalue weighted by atomic mass is 16.6. The lowest BCUT2D eigenvalue weighted by molar-refractivity contribution is -0.172. The Morgan fingerprint density at radius 3 is 2.67 bits per heavy atom. The van der Waals surface area contributed by atoms with E-state index in [9.17, 15) is 14.4 Å². The molecule has 0 aromatic heterocycles. The summed E-state index contributed by atoms with van der Waals surface area (Å²) in [6.07, 6.45) is 6.91. The minimum Gasteiger partial charge on any atom is -0.469 e. The van der Waals surface area contributed by atoms with Gasteiger partial charge >= 0.3 is 11.9 Å². The highest BCUT2D eigenvalue weighted by Crippen LogP contribution is 2.75. The number of ketones is 1. The number of ether oxygens (including phenoxy) is 3. The summed E-state index contributed by atoms with van der Waals surface area (Å²) < 4.78 is 17.7. The first-order valence-corrected chi connectivity index (χ1v) is 11.4. The summed E-state index contributed by atoms with van der Waals surface area (Å²) >= 11 is 0. The Morgan fingerprint density at radius 2 is 1.97 bits per heavy atom. The molecule has 0 amide bonds. The SMILES string of the molecule is COC(=O)[C@@H]1CC2=CC(=O)CC[C@]2(C)C2C1C1CCC3(CCC(=O)O3)[C@@]1(C)C1O[C@@H]12. The van der Waals surface area contributed by atoms with E-state index < -0.39 is 5.60 Å². The van der Waals surface area contributed by atoms with Gasteiger partial charge in [-0.3, -0.25) is 14.4 Å². The summed E-state index contributed by atoms with van der Waals surface area (Å²) in [5.74, 6) is 0.176. The highest BCUT2D eigenvalue weighted by Gasteiger charge is 2.79. The number of carbonyl (C=O) groups excluding carboxylic acids is 3. The second-order valence-electron chi connectivity index (χ2n) is 10.9. The van der Waals surface area contributed by atoms with E-state index in [0.717, 1.165) is 31.3 Å². The zero-order chi connectivity index (χ0) is 21.1. The molecule has 1 spiro atoms. The number of rotatable bonds is 1. The Balaban J connectivity index is 1.48. The fourth-order valence-corrected chi connectivity index (χ4v) is 8.62. The van der Waals surface area contributed by atoms with Crippen LogP contribution in [-0.4, -0.2) is 42.6 Å². The molecule has 5 unspecified atom stereocenters. The van der Waals surface area contributed by atoms with Gasteiger partial charge in [0.05, 0.1) is 25.2 Å². The Hall–Kier alpha value is -1.69. The van der Waals surface area contributed by atoms with Gasteiger partial charge in [0.1, 0.15) is 5.60 Å². The second-order valence-corrected chi connectivity index (χ2v) is 10.9. The molecule has 6 heteroatoms. The molecule has 162 valence electrons. The quantitative estimate of drug-likeness (QED) is 0.485. The molecule has 5 fully saturated rings. The molecule has 6 aliphatic rings. The van der Waals surface area contributed by atoms with E-state index in [0.29, 0.717) is 19.3 Å². The van der Waals surface area contributed by atoms with Crippen LogP contribution >= 0.6 is 0 Å². The Labute approximate surface area is 176 Å². The number of hydrogen-bond donors (Lipinski definition) is 0. The van der Waals surface area contributed by atoms with E-state index in [1.165, 1.54) is 7.11 Å². The summed E-state index contributed by atoms with van der Waals surface area (Å²) in [5, 5.41) is 0. The van der Waals surface area contributed by atoms with Crippen LogP contribution < -0.4 is 0 Å². The Bertz CT molecular complexity index is 892. The van der Waals surface area contributed by atoms with Crippen LogP contribution in [0.1, 0.15) is 58.8 Å². The third kappa shape index (κ3) is 2.07. The van der Waals surface area contributed by atoms with Crippen LogP contribution in [0.25, 0.3) is 0 Å². The summed E-state index contributed by atoms with van der Waals surface area (Å²) in [6, 6.07) is 0. The van der Waals surface area contributed by atoms with E-state index in [-0.39, 0.29) is 64.4 Å². The van der Waals surface area contributed by atoms with E-state index in [4.69, 9.17) is 14.2 Å². The zero-order valence-electron chi connectivity index (χ0n) is 17.9. The van der Waals surface area contributed by atoms with Crippen molar-refractivity contribution in [2.24, 2.45) is 34.5 Å². The van der Waals surface area contributed by atoms with Gasteiger partial charge in [-0.1, -0.05) is 19.4 Å². The fourth-order valence-electron chi connectivity index (χ4n) is 8.62. The number of carbonyl (C=O) groups is 3. The fraction of sp³-hybridized carbons (Fsp3) is 0.792. The molecule has 3 saturated carbocycles. The van der Waals surface area contributed by atoms with Crippen LogP contribution in [0, 0.1) is 34.5 Å². The van der Waals surface area contributed by atoms with Crippen molar-refractivity contribution < 1.29 is 28.6 Å². The topological polar surface area (TPSA) is 82.2 Å². The monoisotopic (exact) mass is 414 g/mol. The molecule has 0 N–H and O–H groups in total. The van der Waals surface area contributed by atoms with Gasteiger partial charge in [0.15, 0.2) is 5.78 Å². The van der Waals surface area contributed by atoms with Crippen molar-refractivity contribution in [3.05, 3.63) is 11.6 Å². The summed E-state index contributed by atoms with van der Waals surface area (Å²) in [5.41, 5.74) is 0.262. The van der Waals surface area contributed by atoms with Gasteiger partial charge < -0.3 is 14.2 Å². The number of allylic oxidation sites excluding steroid dienone is 1. The van der Waals surface area contributed by atoms with Gasteiger partial charge in [0, 0.05) is 24.2 Å². The zero-order valence-corrected chi connectivity index (χ0v) is 17.9. The average Bonchev–Trinajstić information content (AvgIpc) is 3.35. The lowest BCUT2D eigenvalue weighted by atomic mass is 9.44. The molecular formula is C24H30O6. The van der Waals surface area contributed by atoms with E-state index in [1.807, 2.05) is 0 Å². The summed E-state index contributed by atoms with van der Waals surface area (Å²) in [7, 11) is 1.46. The van der Waals surface area contributed by atoms with Crippen LogP contribution in [0.2, 0.25) is 0 Å². The Morgan fingerprint density at radius 1 is 1.17 bits per heavy atom. The molecule has 2 heterocycles. The normalized spacial score (nSPS) is 53.2. The molecule has 0 aromatic carbocycles. The molecule has 4 aliphatic carbocycles. The maximum atomic E-state index is 13.0. The van der Waals surface area contributed by atoms with Crippen LogP contribution in [-0.2, 0) is 28.6 Å². The van der Waals surface area contributed by atoms with Crippen molar-refractivity contribution >= 4 is 17.7 Å². The molecule has 0 radical (unpaired) electrons. The average molecular weight is 414 g/mol. The number of methoxy groups -OCH3 is 1. The third-order valence-corrected chi connectivity index (χ3v) is 10.1. The number of hydrogen-bond acceptors (Lipinski definition) is 6. The number of esters is 2. The van der Waals surface area contributed by atoms with Crippen molar-refractivity contribution in [2.45, 2.75) is 76.6 Å². The summed E-state index contributed by atoms with van der Waals surface area (Å²) in [4.78, 5) is 37.4. The van der Waals surface area contributed by atoms with Crippen LogP contribution in [0.5, 0.6) is 0 Å². The smallest absolute Gasteiger partial charge is 0.309 e. The molecular weight excluding hydrogens is 384 g/mol. The van der Waals surface area contributed by atoms with Crippen molar-refractivity contribution in [3.8, 4) is 0 Å². The van der Waals surface area contributed by atoms with Gasteiger partial charge in [-0.05, 0) is 55.4 Å². The molecule has 6 rings (SSSR count). The lowest BCUT2D eigenvalue weighted by Crippen LogP contribution is -2.61. The van der Waals surface area contributed by atoms with Gasteiger partial charge in [-0.15, -0.1) is 0 Å². The number of epoxide rings is 1. The minimum absolute atomic E-state index is 0.0552.